The molecule has 0 spiro atoms. The molecule has 8 heteroatoms. The molecule has 0 bridgehead atoms. The van der Waals surface area contributed by atoms with Crippen LogP contribution in [0.2, 0.25) is 0 Å². The van der Waals surface area contributed by atoms with E-state index in [0.717, 1.165) is 11.3 Å². The molecule has 0 atom stereocenters. The Morgan fingerprint density at radius 3 is 2.59 bits per heavy atom. The van der Waals surface area contributed by atoms with E-state index in [1.54, 1.807) is 16.7 Å². The molecule has 8 nitrogen and oxygen atoms in total. The van der Waals surface area contributed by atoms with Crippen molar-refractivity contribution in [2.24, 2.45) is 0 Å². The van der Waals surface area contributed by atoms with E-state index < -0.39 is 11.9 Å². The highest BCUT2D eigenvalue weighted by Gasteiger charge is 2.18. The molecule has 0 unspecified atom stereocenters. The summed E-state index contributed by atoms with van der Waals surface area (Å²) in [5.74, 6) is -1.20. The SMILES string of the molecule is O=C(Nc1ccn2cc(-c3ccccc3)nc2n1)c1cccnc1C(=O)O. The molecule has 2 N–H and O–H groups in total. The van der Waals surface area contributed by atoms with Gasteiger partial charge in [-0.25, -0.2) is 14.8 Å². The Morgan fingerprint density at radius 1 is 1.00 bits per heavy atom. The van der Waals surface area contributed by atoms with Gasteiger partial charge in [-0.2, -0.15) is 4.98 Å². The molecule has 0 fully saturated rings. The van der Waals surface area contributed by atoms with Crippen LogP contribution in [0.15, 0.2) is 67.1 Å². The first kappa shape index (κ1) is 16.4. The number of hydrogen-bond donors (Lipinski definition) is 2. The van der Waals surface area contributed by atoms with E-state index in [1.165, 1.54) is 18.3 Å². The fourth-order valence-corrected chi connectivity index (χ4v) is 2.63. The molecular formula is C19H13N5O3. The number of nitrogens with one attached hydrogen (secondary N) is 1. The number of aromatic carboxylic acids is 1. The first-order chi connectivity index (χ1) is 13.1. The lowest BCUT2D eigenvalue weighted by Crippen LogP contribution is -2.18. The van der Waals surface area contributed by atoms with Gasteiger partial charge >= 0.3 is 5.97 Å². The maximum atomic E-state index is 12.4. The van der Waals surface area contributed by atoms with Crippen molar-refractivity contribution in [3.63, 3.8) is 0 Å². The van der Waals surface area contributed by atoms with Crippen LogP contribution in [0.4, 0.5) is 5.82 Å². The number of aromatic nitrogens is 4. The van der Waals surface area contributed by atoms with E-state index in [-0.39, 0.29) is 17.1 Å². The number of carboxylic acids is 1. The van der Waals surface area contributed by atoms with Gasteiger partial charge in [-0.1, -0.05) is 30.3 Å². The summed E-state index contributed by atoms with van der Waals surface area (Å²) < 4.78 is 1.74. The maximum absolute atomic E-state index is 12.4. The minimum Gasteiger partial charge on any atom is -0.476 e. The number of carbonyl (C=O) groups is 2. The molecule has 4 aromatic rings. The molecule has 27 heavy (non-hydrogen) atoms. The van der Waals surface area contributed by atoms with Crippen LogP contribution in [-0.2, 0) is 0 Å². The van der Waals surface area contributed by atoms with Gasteiger partial charge in [0, 0.05) is 24.2 Å². The summed E-state index contributed by atoms with van der Waals surface area (Å²) in [5, 5.41) is 11.7. The molecule has 1 aromatic carbocycles. The second-order valence-electron chi connectivity index (χ2n) is 5.67. The lowest BCUT2D eigenvalue weighted by molar-refractivity contribution is 0.0686. The van der Waals surface area contributed by atoms with Crippen LogP contribution in [0.3, 0.4) is 0 Å². The summed E-state index contributed by atoms with van der Waals surface area (Å²) in [6.07, 6.45) is 4.88. The Hall–Kier alpha value is -4.07. The Kier molecular flexibility index (Phi) is 4.06. The summed E-state index contributed by atoms with van der Waals surface area (Å²) in [4.78, 5) is 36.1. The molecule has 0 aliphatic heterocycles. The van der Waals surface area contributed by atoms with Crippen molar-refractivity contribution in [3.8, 4) is 11.3 Å². The van der Waals surface area contributed by atoms with Crippen LogP contribution in [0.1, 0.15) is 20.8 Å². The number of anilines is 1. The first-order valence-electron chi connectivity index (χ1n) is 8.02. The molecular weight excluding hydrogens is 346 g/mol. The van der Waals surface area contributed by atoms with Gasteiger partial charge in [0.25, 0.3) is 5.91 Å². The quantitative estimate of drug-likeness (QED) is 0.580. The minimum atomic E-state index is -1.27. The predicted molar refractivity (Wildman–Crippen MR) is 97.6 cm³/mol. The lowest BCUT2D eigenvalue weighted by atomic mass is 10.2. The van der Waals surface area contributed by atoms with Crippen LogP contribution in [0.25, 0.3) is 17.0 Å². The average molecular weight is 359 g/mol. The van der Waals surface area contributed by atoms with Crippen LogP contribution >= 0.6 is 0 Å². The second kappa shape index (κ2) is 6.68. The van der Waals surface area contributed by atoms with Crippen molar-refractivity contribution in [2.75, 3.05) is 5.32 Å². The predicted octanol–water partition coefficient (Wildman–Crippen LogP) is 2.74. The molecule has 0 saturated heterocycles. The second-order valence-corrected chi connectivity index (χ2v) is 5.67. The van der Waals surface area contributed by atoms with Crippen molar-refractivity contribution in [3.05, 3.63) is 78.4 Å². The van der Waals surface area contributed by atoms with Gasteiger partial charge in [-0.3, -0.25) is 9.20 Å². The number of carboxylic acid groups (broad SMARTS) is 1. The molecule has 0 aliphatic rings. The molecule has 132 valence electrons. The zero-order chi connectivity index (χ0) is 18.8. The monoisotopic (exact) mass is 359 g/mol. The highest BCUT2D eigenvalue weighted by Crippen LogP contribution is 2.19. The van der Waals surface area contributed by atoms with Gasteiger partial charge in [0.1, 0.15) is 5.82 Å². The number of hydrogen-bond acceptors (Lipinski definition) is 5. The number of amides is 1. The van der Waals surface area contributed by atoms with E-state index in [1.807, 2.05) is 36.5 Å². The fraction of sp³-hybridized carbons (Fsp3) is 0. The third-order valence-electron chi connectivity index (χ3n) is 3.89. The Balaban J connectivity index is 1.63. The lowest BCUT2D eigenvalue weighted by Gasteiger charge is -2.06. The molecule has 0 aliphatic carbocycles. The topological polar surface area (TPSA) is 109 Å². The molecule has 1 amide bonds. The fourth-order valence-electron chi connectivity index (χ4n) is 2.63. The van der Waals surface area contributed by atoms with Crippen LogP contribution in [-0.4, -0.2) is 36.3 Å². The van der Waals surface area contributed by atoms with Crippen LogP contribution in [0.5, 0.6) is 0 Å². The normalized spacial score (nSPS) is 10.7. The van der Waals surface area contributed by atoms with Gasteiger partial charge in [0.15, 0.2) is 5.69 Å². The van der Waals surface area contributed by atoms with Gasteiger partial charge in [-0.15, -0.1) is 0 Å². The van der Waals surface area contributed by atoms with Gasteiger partial charge < -0.3 is 10.4 Å². The summed E-state index contributed by atoms with van der Waals surface area (Å²) >= 11 is 0. The van der Waals surface area contributed by atoms with Crippen LogP contribution in [0, 0.1) is 0 Å². The molecule has 0 saturated carbocycles. The number of benzene rings is 1. The molecule has 3 heterocycles. The van der Waals surface area contributed by atoms with E-state index in [9.17, 15) is 9.59 Å². The Labute approximate surface area is 153 Å². The number of nitrogens with zero attached hydrogens (tertiary/aromatic N) is 4. The Bertz CT molecular complexity index is 1150. The largest absolute Gasteiger partial charge is 0.476 e. The van der Waals surface area contributed by atoms with E-state index in [2.05, 4.69) is 20.3 Å². The third-order valence-corrected chi connectivity index (χ3v) is 3.89. The van der Waals surface area contributed by atoms with Crippen molar-refractivity contribution >= 4 is 23.5 Å². The summed E-state index contributed by atoms with van der Waals surface area (Å²) in [6.45, 7) is 0. The molecule has 3 aromatic heterocycles. The Morgan fingerprint density at radius 2 is 1.81 bits per heavy atom. The van der Waals surface area contributed by atoms with E-state index in [4.69, 9.17) is 5.11 Å². The summed E-state index contributed by atoms with van der Waals surface area (Å²) in [6, 6.07) is 14.2. The summed E-state index contributed by atoms with van der Waals surface area (Å²) in [5.41, 5.74) is 1.35. The number of rotatable bonds is 4. The first-order valence-corrected chi connectivity index (χ1v) is 8.02. The standard InChI is InChI=1S/C19H13N5O3/c25-17(13-7-4-9-20-16(13)18(26)27)22-15-8-10-24-11-14(21-19(24)23-15)12-5-2-1-3-6-12/h1-11H,(H,26,27)(H,21,22,23,25). The number of imidazole rings is 1. The number of fused-ring (bicyclic) bond motifs is 1. The van der Waals surface area contributed by atoms with Crippen molar-refractivity contribution in [1.29, 1.82) is 0 Å². The smallest absolute Gasteiger partial charge is 0.355 e. The minimum absolute atomic E-state index is 0.0417. The zero-order valence-electron chi connectivity index (χ0n) is 13.9. The van der Waals surface area contributed by atoms with Gasteiger partial charge in [0.05, 0.1) is 11.3 Å². The van der Waals surface area contributed by atoms with Crippen LogP contribution < -0.4 is 5.32 Å². The van der Waals surface area contributed by atoms with Crippen molar-refractivity contribution in [2.45, 2.75) is 0 Å². The van der Waals surface area contributed by atoms with Gasteiger partial charge in [-0.05, 0) is 18.2 Å². The summed E-state index contributed by atoms with van der Waals surface area (Å²) in [7, 11) is 0. The molecule has 4 rings (SSSR count). The third kappa shape index (κ3) is 3.23. The average Bonchev–Trinajstić information content (AvgIpc) is 3.12. The number of carbonyl (C=O) groups excluding carboxylic acids is 1. The van der Waals surface area contributed by atoms with Crippen molar-refractivity contribution < 1.29 is 14.7 Å². The van der Waals surface area contributed by atoms with E-state index >= 15 is 0 Å². The highest BCUT2D eigenvalue weighted by atomic mass is 16.4. The van der Waals surface area contributed by atoms with E-state index in [0.29, 0.717) is 5.78 Å². The zero-order valence-corrected chi connectivity index (χ0v) is 13.9. The highest BCUT2D eigenvalue weighted by molar-refractivity contribution is 6.09. The maximum Gasteiger partial charge on any atom is 0.355 e. The molecule has 0 radical (unpaired) electrons. The van der Waals surface area contributed by atoms with Gasteiger partial charge in [0.2, 0.25) is 5.78 Å². The number of pyridine rings is 1. The van der Waals surface area contributed by atoms with Crippen molar-refractivity contribution in [1.82, 2.24) is 19.4 Å².